The van der Waals surface area contributed by atoms with Gasteiger partial charge in [0, 0.05) is 22.3 Å². The molecule has 2 aliphatic heterocycles. The number of oxime groups is 2. The van der Waals surface area contributed by atoms with Gasteiger partial charge in [-0.1, -0.05) is 41.3 Å². The van der Waals surface area contributed by atoms with Gasteiger partial charge in [0.25, 0.3) is 5.91 Å². The van der Waals surface area contributed by atoms with Crippen LogP contribution < -0.4 is 5.32 Å². The minimum Gasteiger partial charge on any atom is -0.482 e. The number of hydrogen-bond donors (Lipinski definition) is 1. The van der Waals surface area contributed by atoms with Crippen molar-refractivity contribution < 1.29 is 36.8 Å². The number of carbonyl (C=O) groups excluding carboxylic acids is 1. The summed E-state index contributed by atoms with van der Waals surface area (Å²) in [5, 5.41) is 9.94. The molecule has 0 aliphatic carbocycles. The maximum absolute atomic E-state index is 15.4. The Balaban J connectivity index is 1.55. The van der Waals surface area contributed by atoms with Gasteiger partial charge in [-0.15, -0.1) is 0 Å². The molecule has 3 atom stereocenters. The number of amides is 1. The Labute approximate surface area is 248 Å². The lowest BCUT2D eigenvalue weighted by Gasteiger charge is -2.34. The Morgan fingerprint density at radius 2 is 1.76 bits per heavy atom. The molecule has 7 nitrogen and oxygen atoms in total. The summed E-state index contributed by atoms with van der Waals surface area (Å²) in [6.45, 7) is 3.48. The van der Waals surface area contributed by atoms with Crippen LogP contribution in [0.3, 0.4) is 0 Å². The minimum atomic E-state index is -1.90. The van der Waals surface area contributed by atoms with Gasteiger partial charge >= 0.3 is 0 Å². The van der Waals surface area contributed by atoms with Crippen molar-refractivity contribution in [3.05, 3.63) is 104 Å². The molecule has 3 aromatic carbocycles. The fourth-order valence-corrected chi connectivity index (χ4v) is 5.75. The lowest BCUT2D eigenvalue weighted by Crippen LogP contribution is -2.39. The zero-order valence-corrected chi connectivity index (χ0v) is 23.9. The summed E-state index contributed by atoms with van der Waals surface area (Å²) in [5.74, 6) is -6.40. The Kier molecular flexibility index (Phi) is 8.08. The fourth-order valence-electron chi connectivity index (χ4n) is 5.26. The van der Waals surface area contributed by atoms with E-state index in [9.17, 15) is 18.0 Å². The number of ether oxygens (including phenoxy) is 1. The zero-order chi connectivity index (χ0) is 30.3. The normalized spacial score (nSPS) is 21.4. The second-order valence-corrected chi connectivity index (χ2v) is 10.5. The number of benzene rings is 3. The van der Waals surface area contributed by atoms with E-state index in [0.717, 1.165) is 12.1 Å². The highest BCUT2D eigenvalue weighted by Crippen LogP contribution is 2.50. The van der Waals surface area contributed by atoms with Gasteiger partial charge in [-0.2, -0.15) is 0 Å². The van der Waals surface area contributed by atoms with Crippen LogP contribution in [0.5, 0.6) is 0 Å². The summed E-state index contributed by atoms with van der Waals surface area (Å²) in [6.07, 6.45) is -0.165. The third-order valence-corrected chi connectivity index (χ3v) is 7.85. The second-order valence-electron chi connectivity index (χ2n) is 9.73. The smallest absolute Gasteiger partial charge is 0.254 e. The molecule has 0 saturated carbocycles. The average Bonchev–Trinajstić information content (AvgIpc) is 3.59. The largest absolute Gasteiger partial charge is 0.482 e. The molecule has 0 spiro atoms. The van der Waals surface area contributed by atoms with E-state index >= 15 is 4.39 Å². The van der Waals surface area contributed by atoms with Crippen LogP contribution in [0.25, 0.3) is 0 Å². The summed E-state index contributed by atoms with van der Waals surface area (Å²) in [6, 6.07) is 9.08. The quantitative estimate of drug-likeness (QED) is 0.237. The number of carbonyl (C=O) groups is 1. The number of aryl methyl sites for hydroxylation is 1. The Morgan fingerprint density at radius 1 is 1.05 bits per heavy atom. The van der Waals surface area contributed by atoms with Gasteiger partial charge in [0.05, 0.1) is 35.2 Å². The molecule has 2 heterocycles. The molecular weight excluding hydrogens is 601 g/mol. The Hall–Kier alpha value is -3.83. The number of nitrogens with one attached hydrogen (secondary N) is 1. The molecule has 2 aliphatic rings. The van der Waals surface area contributed by atoms with Gasteiger partial charge in [0.15, 0.2) is 28.9 Å². The van der Waals surface area contributed by atoms with E-state index in [1.165, 1.54) is 19.2 Å². The van der Waals surface area contributed by atoms with E-state index in [2.05, 4.69) is 15.6 Å². The molecule has 0 aromatic heterocycles. The van der Waals surface area contributed by atoms with Crippen LogP contribution in [0.2, 0.25) is 10.0 Å². The van der Waals surface area contributed by atoms with Gasteiger partial charge in [-0.3, -0.25) is 4.79 Å². The molecule has 3 aromatic rings. The van der Waals surface area contributed by atoms with Gasteiger partial charge in [0.1, 0.15) is 0 Å². The fraction of sp³-hybridized carbons (Fsp3) is 0.276. The molecule has 42 heavy (non-hydrogen) atoms. The molecule has 0 radical (unpaired) electrons. The van der Waals surface area contributed by atoms with Crippen LogP contribution in [-0.4, -0.2) is 30.9 Å². The zero-order valence-electron chi connectivity index (χ0n) is 22.4. The maximum atomic E-state index is 15.4. The molecule has 0 saturated heterocycles. The molecule has 1 unspecified atom stereocenters. The summed E-state index contributed by atoms with van der Waals surface area (Å²) < 4.78 is 63.3. The third kappa shape index (κ3) is 4.94. The van der Waals surface area contributed by atoms with Gasteiger partial charge in [-0.05, 0) is 60.5 Å². The number of nitrogens with zero attached hydrogens (tertiary/aromatic N) is 2. The molecule has 0 fully saturated rings. The number of rotatable bonds is 6. The van der Waals surface area contributed by atoms with Crippen molar-refractivity contribution in [2.75, 3.05) is 7.11 Å². The SMILES string of the molecule is CCC1C(c2ccc(C(=O)N[C@H]3CC(OC)=NO3)c(C)c2)=NO[C@@]1(c1cc(Cl)c(F)c(Cl)c1)c1ccc(F)c(F)c1F. The van der Waals surface area contributed by atoms with Crippen molar-refractivity contribution in [2.24, 2.45) is 16.2 Å². The van der Waals surface area contributed by atoms with Crippen molar-refractivity contribution in [3.8, 4) is 0 Å². The lowest BCUT2D eigenvalue weighted by atomic mass is 9.71. The molecular formula is C29H23Cl2F4N3O4. The Morgan fingerprint density at radius 3 is 2.38 bits per heavy atom. The van der Waals surface area contributed by atoms with Crippen molar-refractivity contribution in [3.63, 3.8) is 0 Å². The van der Waals surface area contributed by atoms with Crippen LogP contribution >= 0.6 is 23.2 Å². The molecule has 0 bridgehead atoms. The minimum absolute atomic E-state index is 0.0799. The highest BCUT2D eigenvalue weighted by atomic mass is 35.5. The molecule has 1 N–H and O–H groups in total. The molecule has 1 amide bonds. The van der Waals surface area contributed by atoms with Crippen LogP contribution in [0.4, 0.5) is 17.6 Å². The summed E-state index contributed by atoms with van der Waals surface area (Å²) >= 11 is 12.2. The van der Waals surface area contributed by atoms with E-state index in [4.69, 9.17) is 37.6 Å². The van der Waals surface area contributed by atoms with Gasteiger partial charge in [-0.25, -0.2) is 17.6 Å². The maximum Gasteiger partial charge on any atom is 0.254 e. The first-order valence-electron chi connectivity index (χ1n) is 12.7. The molecule has 13 heteroatoms. The predicted octanol–water partition coefficient (Wildman–Crippen LogP) is 7.00. The average molecular weight is 624 g/mol. The van der Waals surface area contributed by atoms with Crippen LogP contribution in [0, 0.1) is 36.1 Å². The number of methoxy groups -OCH3 is 1. The highest BCUT2D eigenvalue weighted by molar-refractivity contribution is 6.35. The first kappa shape index (κ1) is 29.7. The summed E-state index contributed by atoms with van der Waals surface area (Å²) in [4.78, 5) is 24.0. The van der Waals surface area contributed by atoms with E-state index in [0.29, 0.717) is 28.3 Å². The number of hydrogen-bond acceptors (Lipinski definition) is 6. The summed E-state index contributed by atoms with van der Waals surface area (Å²) in [7, 11) is 1.45. The standard InChI is InChI=1S/C29H23Cl2F4N3O4/c1-4-17-27(14-5-6-16(13(2)9-14)28(39)36-22-12-23(40-3)37-41-22)38-42-29(17,15-10-19(30)25(34)20(31)11-15)18-7-8-21(32)26(35)24(18)33/h5-11,17,22H,4,12H2,1-3H3,(H,36,39)/t17?,22-,29-/m1/s1. The van der Waals surface area contributed by atoms with Crippen molar-refractivity contribution >= 4 is 40.7 Å². The predicted molar refractivity (Wildman–Crippen MR) is 147 cm³/mol. The van der Waals surface area contributed by atoms with E-state index in [-0.39, 0.29) is 34.0 Å². The van der Waals surface area contributed by atoms with E-state index < -0.39 is 46.9 Å². The van der Waals surface area contributed by atoms with E-state index in [1.54, 1.807) is 32.0 Å². The van der Waals surface area contributed by atoms with Crippen molar-refractivity contribution in [2.45, 2.75) is 38.5 Å². The van der Waals surface area contributed by atoms with Crippen LogP contribution in [-0.2, 0) is 20.0 Å². The van der Waals surface area contributed by atoms with Gasteiger partial charge in [0.2, 0.25) is 12.1 Å². The highest BCUT2D eigenvalue weighted by Gasteiger charge is 2.53. The van der Waals surface area contributed by atoms with Crippen molar-refractivity contribution in [1.82, 2.24) is 5.32 Å². The third-order valence-electron chi connectivity index (χ3n) is 7.30. The van der Waals surface area contributed by atoms with Crippen LogP contribution in [0.1, 0.15) is 52.4 Å². The van der Waals surface area contributed by atoms with Crippen molar-refractivity contribution in [1.29, 1.82) is 0 Å². The lowest BCUT2D eigenvalue weighted by molar-refractivity contribution is -0.0197. The van der Waals surface area contributed by atoms with Gasteiger partial charge < -0.3 is 19.7 Å². The summed E-state index contributed by atoms with van der Waals surface area (Å²) in [5.41, 5.74) is -0.447. The van der Waals surface area contributed by atoms with E-state index in [1.807, 2.05) is 0 Å². The topological polar surface area (TPSA) is 81.5 Å². The van der Waals surface area contributed by atoms with Crippen LogP contribution in [0.15, 0.2) is 52.8 Å². The molecule has 220 valence electrons. The second kappa shape index (κ2) is 11.4. The first-order valence-corrected chi connectivity index (χ1v) is 13.5. The molecule has 5 rings (SSSR count). The number of halogens is 6. The first-order chi connectivity index (χ1) is 20.0. The Bertz CT molecular complexity index is 1630. The monoisotopic (exact) mass is 623 g/mol.